The van der Waals surface area contributed by atoms with Gasteiger partial charge in [0.05, 0.1) is 12.3 Å². The Labute approximate surface area is 121 Å². The van der Waals surface area contributed by atoms with Crippen LogP contribution in [-0.4, -0.2) is 22.8 Å². The largest absolute Gasteiger partial charge is 0.494 e. The number of thiocarbonyl (C=S) groups is 1. The Balaban J connectivity index is 2.44. The van der Waals surface area contributed by atoms with E-state index in [1.807, 2.05) is 0 Å². The van der Waals surface area contributed by atoms with Gasteiger partial charge in [0.2, 0.25) is 0 Å². The van der Waals surface area contributed by atoms with Crippen LogP contribution >= 0.6 is 12.2 Å². The summed E-state index contributed by atoms with van der Waals surface area (Å²) < 4.78 is 5.46. The van der Waals surface area contributed by atoms with Gasteiger partial charge in [0.1, 0.15) is 5.75 Å². The van der Waals surface area contributed by atoms with E-state index in [9.17, 15) is 4.79 Å². The second kappa shape index (κ2) is 8.05. The first-order chi connectivity index (χ1) is 9.54. The van der Waals surface area contributed by atoms with E-state index >= 15 is 0 Å². The highest BCUT2D eigenvalue weighted by molar-refractivity contribution is 7.80. The number of nitrogens with two attached hydrogens (primary N) is 1. The fourth-order valence-corrected chi connectivity index (χ4v) is 1.63. The van der Waals surface area contributed by atoms with Crippen LogP contribution in [0.1, 0.15) is 19.3 Å². The van der Waals surface area contributed by atoms with E-state index in [2.05, 4.69) is 5.22 Å². The van der Waals surface area contributed by atoms with Gasteiger partial charge in [-0.05, 0) is 49.3 Å². The summed E-state index contributed by atoms with van der Waals surface area (Å²) in [6, 6.07) is 6.79. The van der Waals surface area contributed by atoms with Gasteiger partial charge in [-0.15, -0.1) is 0 Å². The Morgan fingerprint density at radius 2 is 2.05 bits per heavy atom. The molecule has 0 heterocycles. The summed E-state index contributed by atoms with van der Waals surface area (Å²) in [6.45, 7) is 0.453. The Hall–Kier alpha value is -2.22. The van der Waals surface area contributed by atoms with Crippen molar-refractivity contribution in [3.8, 4) is 5.75 Å². The number of unbranched alkanes of at least 4 members (excludes halogenated alkanes) is 1. The summed E-state index contributed by atoms with van der Waals surface area (Å²) in [4.78, 5) is 10.3. The van der Waals surface area contributed by atoms with Crippen LogP contribution in [0, 0.1) is 5.53 Å². The maximum Gasteiger partial charge on any atom is 0.303 e. The molecule has 20 heavy (non-hydrogen) atoms. The van der Waals surface area contributed by atoms with Crippen molar-refractivity contribution in [3.05, 3.63) is 24.3 Å². The van der Waals surface area contributed by atoms with E-state index in [-0.39, 0.29) is 11.5 Å². The molecule has 0 unspecified atom stereocenters. The fourth-order valence-electron chi connectivity index (χ4n) is 1.49. The molecule has 0 radical (unpaired) electrons. The van der Waals surface area contributed by atoms with Crippen molar-refractivity contribution in [2.24, 2.45) is 11.0 Å². The van der Waals surface area contributed by atoms with Crippen LogP contribution < -0.4 is 15.5 Å². The molecule has 8 heteroatoms. The van der Waals surface area contributed by atoms with Crippen LogP contribution in [0.25, 0.3) is 0 Å². The van der Waals surface area contributed by atoms with Gasteiger partial charge in [0.15, 0.2) is 5.11 Å². The van der Waals surface area contributed by atoms with Crippen molar-refractivity contribution in [1.29, 1.82) is 5.53 Å². The molecular weight excluding hydrogens is 280 g/mol. The predicted octanol–water partition coefficient (Wildman–Crippen LogP) is 2.32. The summed E-state index contributed by atoms with van der Waals surface area (Å²) in [5, 5.41) is 12.8. The number of aliphatic carboxylic acids is 1. The molecule has 0 aliphatic heterocycles. The smallest absolute Gasteiger partial charge is 0.303 e. The summed E-state index contributed by atoms with van der Waals surface area (Å²) in [5.41, 5.74) is 13.0. The van der Waals surface area contributed by atoms with Crippen LogP contribution in [0.15, 0.2) is 29.5 Å². The Morgan fingerprint density at radius 3 is 2.55 bits per heavy atom. The molecule has 0 saturated carbocycles. The van der Waals surface area contributed by atoms with Crippen molar-refractivity contribution in [2.75, 3.05) is 11.6 Å². The van der Waals surface area contributed by atoms with Crippen molar-refractivity contribution in [3.63, 3.8) is 0 Å². The fraction of sp³-hybridized carbons (Fsp3) is 0.333. The minimum Gasteiger partial charge on any atom is -0.494 e. The highest BCUT2D eigenvalue weighted by Gasteiger charge is 2.07. The number of anilines is 1. The van der Waals surface area contributed by atoms with E-state index in [1.54, 1.807) is 24.3 Å². The molecule has 0 bridgehead atoms. The van der Waals surface area contributed by atoms with E-state index < -0.39 is 5.97 Å². The number of nitrogens with one attached hydrogen (secondary N) is 1. The molecule has 0 spiro atoms. The first-order valence-electron chi connectivity index (χ1n) is 5.96. The SMILES string of the molecule is N=NN(C(N)=S)c1ccc(OCCCCC(=O)O)cc1. The number of carbonyl (C=O) groups is 1. The number of hydrogen-bond acceptors (Lipinski definition) is 5. The first kappa shape index (κ1) is 15.8. The molecule has 0 aromatic heterocycles. The minimum absolute atomic E-state index is 0.0117. The third kappa shape index (κ3) is 5.19. The van der Waals surface area contributed by atoms with Crippen molar-refractivity contribution < 1.29 is 14.6 Å². The number of carboxylic acid groups (broad SMARTS) is 1. The van der Waals surface area contributed by atoms with Crippen LogP contribution in [0.4, 0.5) is 5.69 Å². The van der Waals surface area contributed by atoms with E-state index in [4.69, 9.17) is 33.3 Å². The molecule has 4 N–H and O–H groups in total. The van der Waals surface area contributed by atoms with E-state index in [0.717, 1.165) is 5.01 Å². The molecule has 0 amide bonds. The van der Waals surface area contributed by atoms with Gasteiger partial charge in [0, 0.05) is 6.42 Å². The zero-order valence-corrected chi connectivity index (χ0v) is 11.6. The number of ether oxygens (including phenoxy) is 1. The molecule has 1 aromatic carbocycles. The Kier molecular flexibility index (Phi) is 6.38. The molecule has 1 rings (SSSR count). The molecule has 0 aliphatic rings. The summed E-state index contributed by atoms with van der Waals surface area (Å²) >= 11 is 4.76. The van der Waals surface area contributed by atoms with Crippen LogP contribution in [0.2, 0.25) is 0 Å². The normalized spacial score (nSPS) is 9.80. The maximum absolute atomic E-state index is 10.3. The lowest BCUT2D eigenvalue weighted by Crippen LogP contribution is -2.30. The standard InChI is InChI=1S/C12H16N4O3S/c13-12(20)16(15-14)9-4-6-10(7-5-9)19-8-2-1-3-11(17)18/h4-7,14H,1-3,8H2,(H2,13,20)(H,17,18). The lowest BCUT2D eigenvalue weighted by Gasteiger charge is -2.14. The van der Waals surface area contributed by atoms with Gasteiger partial charge in [-0.2, -0.15) is 10.5 Å². The van der Waals surface area contributed by atoms with Gasteiger partial charge in [-0.3, -0.25) is 4.79 Å². The summed E-state index contributed by atoms with van der Waals surface area (Å²) in [7, 11) is 0. The molecule has 0 saturated heterocycles. The molecule has 1 aromatic rings. The molecule has 0 fully saturated rings. The first-order valence-corrected chi connectivity index (χ1v) is 6.37. The molecule has 0 atom stereocenters. The predicted molar refractivity (Wildman–Crippen MR) is 77.8 cm³/mol. The van der Waals surface area contributed by atoms with Crippen molar-refractivity contribution in [1.82, 2.24) is 0 Å². The number of nitrogens with zero attached hydrogens (tertiary/aromatic N) is 2. The second-order valence-corrected chi connectivity index (χ2v) is 4.36. The topological polar surface area (TPSA) is 112 Å². The minimum atomic E-state index is -0.800. The number of hydrogen-bond donors (Lipinski definition) is 3. The Bertz CT molecular complexity index is 478. The number of carboxylic acids is 1. The number of rotatable bonds is 8. The summed E-state index contributed by atoms with van der Waals surface area (Å²) in [5.74, 6) is -0.150. The third-order valence-electron chi connectivity index (χ3n) is 2.44. The lowest BCUT2D eigenvalue weighted by molar-refractivity contribution is -0.137. The highest BCUT2D eigenvalue weighted by Crippen LogP contribution is 2.20. The van der Waals surface area contributed by atoms with Crippen LogP contribution in [-0.2, 0) is 4.79 Å². The highest BCUT2D eigenvalue weighted by atomic mass is 32.1. The molecule has 0 aliphatic carbocycles. The van der Waals surface area contributed by atoms with Gasteiger partial charge in [0.25, 0.3) is 0 Å². The third-order valence-corrected chi connectivity index (χ3v) is 2.62. The zero-order valence-electron chi connectivity index (χ0n) is 10.8. The molecule has 7 nitrogen and oxygen atoms in total. The lowest BCUT2D eigenvalue weighted by atomic mass is 10.2. The average Bonchev–Trinajstić information content (AvgIpc) is 2.40. The number of benzene rings is 1. The Morgan fingerprint density at radius 1 is 1.40 bits per heavy atom. The van der Waals surface area contributed by atoms with E-state index in [0.29, 0.717) is 30.9 Å². The van der Waals surface area contributed by atoms with Crippen LogP contribution in [0.3, 0.4) is 0 Å². The molecular formula is C12H16N4O3S. The van der Waals surface area contributed by atoms with E-state index in [1.165, 1.54) is 0 Å². The van der Waals surface area contributed by atoms with Crippen LogP contribution in [0.5, 0.6) is 5.75 Å². The average molecular weight is 296 g/mol. The second-order valence-electron chi connectivity index (χ2n) is 3.94. The zero-order chi connectivity index (χ0) is 15.0. The van der Waals surface area contributed by atoms with Gasteiger partial charge >= 0.3 is 5.97 Å². The maximum atomic E-state index is 10.3. The van der Waals surface area contributed by atoms with Crippen molar-refractivity contribution in [2.45, 2.75) is 19.3 Å². The summed E-state index contributed by atoms with van der Waals surface area (Å²) in [6.07, 6.45) is 1.41. The quantitative estimate of drug-likeness (QED) is 0.294. The molecule has 108 valence electrons. The monoisotopic (exact) mass is 296 g/mol. The van der Waals surface area contributed by atoms with Gasteiger partial charge in [-0.25, -0.2) is 0 Å². The van der Waals surface area contributed by atoms with Gasteiger partial charge < -0.3 is 15.6 Å². The van der Waals surface area contributed by atoms with Gasteiger partial charge in [-0.1, -0.05) is 5.22 Å². The van der Waals surface area contributed by atoms with Crippen molar-refractivity contribution >= 4 is 29.0 Å².